The molecule has 0 N–H and O–H groups in total. The second-order valence-electron chi connectivity index (χ2n) is 7.57. The van der Waals surface area contributed by atoms with E-state index in [-0.39, 0.29) is 48.5 Å². The first-order chi connectivity index (χ1) is 15.8. The molecule has 0 spiro atoms. The largest absolute Gasteiger partial charge is 0.335 e. The molecular formula is C23H19Cl2FN4O3. The molecule has 0 bridgehead atoms. The van der Waals surface area contributed by atoms with Gasteiger partial charge in [-0.05, 0) is 37.3 Å². The highest BCUT2D eigenvalue weighted by Crippen LogP contribution is 2.23. The Morgan fingerprint density at radius 2 is 1.58 bits per heavy atom. The average Bonchev–Trinajstić information content (AvgIpc) is 2.79. The molecular weight excluding hydrogens is 470 g/mol. The third kappa shape index (κ3) is 4.62. The summed E-state index contributed by atoms with van der Waals surface area (Å²) >= 11 is 12.0. The van der Waals surface area contributed by atoms with Crippen molar-refractivity contribution < 1.29 is 14.0 Å². The highest BCUT2D eigenvalue weighted by atomic mass is 35.5. The van der Waals surface area contributed by atoms with Crippen LogP contribution in [0.1, 0.15) is 26.5 Å². The maximum Gasteiger partial charge on any atom is 0.278 e. The minimum absolute atomic E-state index is 0.138. The van der Waals surface area contributed by atoms with E-state index in [2.05, 4.69) is 5.10 Å². The van der Waals surface area contributed by atoms with Gasteiger partial charge in [0.15, 0.2) is 5.69 Å². The van der Waals surface area contributed by atoms with Gasteiger partial charge in [-0.1, -0.05) is 35.3 Å². The normalized spacial score (nSPS) is 13.8. The minimum atomic E-state index is -0.568. The van der Waals surface area contributed by atoms with Crippen molar-refractivity contribution in [2.45, 2.75) is 6.92 Å². The molecule has 0 atom stereocenters. The Balaban J connectivity index is 1.52. The summed E-state index contributed by atoms with van der Waals surface area (Å²) in [5, 5.41) is 4.84. The maximum atomic E-state index is 14.3. The van der Waals surface area contributed by atoms with E-state index in [9.17, 15) is 18.8 Å². The van der Waals surface area contributed by atoms with Gasteiger partial charge in [0.05, 0.1) is 10.6 Å². The van der Waals surface area contributed by atoms with Crippen molar-refractivity contribution >= 4 is 35.0 Å². The Morgan fingerprint density at radius 1 is 0.939 bits per heavy atom. The van der Waals surface area contributed by atoms with Gasteiger partial charge >= 0.3 is 0 Å². The summed E-state index contributed by atoms with van der Waals surface area (Å²) in [5.74, 6) is -1.36. The van der Waals surface area contributed by atoms with Crippen molar-refractivity contribution in [3.8, 4) is 5.69 Å². The second kappa shape index (κ2) is 9.33. The number of piperazine rings is 1. The van der Waals surface area contributed by atoms with Crippen LogP contribution in [0.5, 0.6) is 0 Å². The summed E-state index contributed by atoms with van der Waals surface area (Å²) in [7, 11) is 0. The number of carbonyl (C=O) groups is 2. The van der Waals surface area contributed by atoms with E-state index in [1.807, 2.05) is 0 Å². The molecule has 2 amide bonds. The molecule has 2 heterocycles. The SMILES string of the molecule is Cc1cc(=O)c(C(=O)N2CCN(C(=O)c3ccc(Cl)cc3Cl)CC2)nn1-c1ccccc1F. The summed E-state index contributed by atoms with van der Waals surface area (Å²) < 4.78 is 15.5. The molecule has 1 saturated heterocycles. The number of aromatic nitrogens is 2. The first-order valence-corrected chi connectivity index (χ1v) is 10.9. The van der Waals surface area contributed by atoms with Crippen molar-refractivity contribution in [1.29, 1.82) is 0 Å². The number of halogens is 3. The number of nitrogens with zero attached hydrogens (tertiary/aromatic N) is 4. The fraction of sp³-hybridized carbons (Fsp3) is 0.217. The lowest BCUT2D eigenvalue weighted by molar-refractivity contribution is 0.0530. The molecule has 1 aromatic heterocycles. The topological polar surface area (TPSA) is 75.5 Å². The molecule has 1 aliphatic heterocycles. The molecule has 0 radical (unpaired) electrons. The van der Waals surface area contributed by atoms with Gasteiger partial charge in [0.1, 0.15) is 11.5 Å². The van der Waals surface area contributed by atoms with Crippen LogP contribution in [0.3, 0.4) is 0 Å². The summed E-state index contributed by atoms with van der Waals surface area (Å²) in [6, 6.07) is 11.9. The number of amides is 2. The van der Waals surface area contributed by atoms with Gasteiger partial charge in [0.2, 0.25) is 5.43 Å². The van der Waals surface area contributed by atoms with E-state index in [0.29, 0.717) is 16.3 Å². The maximum absolute atomic E-state index is 14.3. The lowest BCUT2D eigenvalue weighted by atomic mass is 10.1. The molecule has 10 heteroatoms. The van der Waals surface area contributed by atoms with E-state index in [0.717, 1.165) is 0 Å². The second-order valence-corrected chi connectivity index (χ2v) is 8.41. The fourth-order valence-electron chi connectivity index (χ4n) is 3.66. The predicted octanol–water partition coefficient (Wildman–Crippen LogP) is 3.59. The highest BCUT2D eigenvalue weighted by Gasteiger charge is 2.29. The number of para-hydroxylation sites is 1. The molecule has 170 valence electrons. The zero-order valence-corrected chi connectivity index (χ0v) is 19.1. The van der Waals surface area contributed by atoms with E-state index in [1.54, 1.807) is 36.1 Å². The van der Waals surface area contributed by atoms with E-state index >= 15 is 0 Å². The zero-order valence-electron chi connectivity index (χ0n) is 17.6. The van der Waals surface area contributed by atoms with Crippen LogP contribution in [0.15, 0.2) is 53.3 Å². The van der Waals surface area contributed by atoms with Crippen molar-refractivity contribution in [3.63, 3.8) is 0 Å². The summed E-state index contributed by atoms with van der Waals surface area (Å²) in [6.07, 6.45) is 0. The van der Waals surface area contributed by atoms with Crippen LogP contribution in [-0.2, 0) is 0 Å². The quantitative estimate of drug-likeness (QED) is 0.564. The molecule has 1 fully saturated rings. The van der Waals surface area contributed by atoms with Gasteiger partial charge in [-0.15, -0.1) is 0 Å². The van der Waals surface area contributed by atoms with Crippen LogP contribution >= 0.6 is 23.2 Å². The lowest BCUT2D eigenvalue weighted by Gasteiger charge is -2.34. The Labute approximate surface area is 198 Å². The third-order valence-electron chi connectivity index (χ3n) is 5.41. The van der Waals surface area contributed by atoms with Crippen molar-refractivity contribution in [2.24, 2.45) is 0 Å². The van der Waals surface area contributed by atoms with Gasteiger partial charge in [-0.25, -0.2) is 9.07 Å². The van der Waals surface area contributed by atoms with Crippen LogP contribution in [-0.4, -0.2) is 57.6 Å². The average molecular weight is 489 g/mol. The summed E-state index contributed by atoms with van der Waals surface area (Å²) in [6.45, 7) is 2.56. The predicted molar refractivity (Wildman–Crippen MR) is 123 cm³/mol. The minimum Gasteiger partial charge on any atom is -0.335 e. The Kier molecular flexibility index (Phi) is 6.49. The van der Waals surface area contributed by atoms with Gasteiger partial charge in [-0.3, -0.25) is 14.4 Å². The van der Waals surface area contributed by atoms with Crippen molar-refractivity contribution in [1.82, 2.24) is 19.6 Å². The van der Waals surface area contributed by atoms with Crippen LogP contribution in [0.25, 0.3) is 5.69 Å². The number of rotatable bonds is 3. The van der Waals surface area contributed by atoms with Gasteiger partial charge < -0.3 is 9.80 Å². The highest BCUT2D eigenvalue weighted by molar-refractivity contribution is 6.36. The molecule has 2 aromatic carbocycles. The van der Waals surface area contributed by atoms with Gasteiger partial charge in [0.25, 0.3) is 11.8 Å². The zero-order chi connectivity index (χ0) is 23.7. The van der Waals surface area contributed by atoms with Crippen LogP contribution in [0, 0.1) is 12.7 Å². The molecule has 3 aromatic rings. The Morgan fingerprint density at radius 3 is 2.21 bits per heavy atom. The molecule has 4 rings (SSSR count). The monoisotopic (exact) mass is 488 g/mol. The standard InChI is InChI=1S/C23H19Cl2FN4O3/c1-14-12-20(31)21(27-30(14)19-5-3-2-4-18(19)26)23(33)29-10-8-28(9-11-29)22(32)16-7-6-15(24)13-17(16)25/h2-7,12-13H,8-11H2,1H3. The van der Waals surface area contributed by atoms with Crippen LogP contribution in [0.2, 0.25) is 10.0 Å². The van der Waals surface area contributed by atoms with Crippen molar-refractivity contribution in [2.75, 3.05) is 26.2 Å². The number of aryl methyl sites for hydroxylation is 1. The molecule has 33 heavy (non-hydrogen) atoms. The third-order valence-corrected chi connectivity index (χ3v) is 5.95. The fourth-order valence-corrected chi connectivity index (χ4v) is 4.15. The van der Waals surface area contributed by atoms with Crippen LogP contribution in [0.4, 0.5) is 4.39 Å². The Hall–Kier alpha value is -3.23. The molecule has 0 aliphatic carbocycles. The van der Waals surface area contributed by atoms with Crippen molar-refractivity contribution in [3.05, 3.63) is 91.6 Å². The lowest BCUT2D eigenvalue weighted by Crippen LogP contribution is -2.51. The van der Waals surface area contributed by atoms with Crippen LogP contribution < -0.4 is 5.43 Å². The summed E-state index contributed by atoms with van der Waals surface area (Å²) in [4.78, 5) is 41.4. The van der Waals surface area contributed by atoms with Gasteiger partial charge in [-0.2, -0.15) is 5.10 Å². The van der Waals surface area contributed by atoms with E-state index in [1.165, 1.54) is 33.8 Å². The van der Waals surface area contributed by atoms with Gasteiger partial charge in [0, 0.05) is 43.0 Å². The number of hydrogen-bond donors (Lipinski definition) is 0. The summed E-state index contributed by atoms with van der Waals surface area (Å²) in [5.41, 5.74) is 0.0194. The first-order valence-electron chi connectivity index (χ1n) is 10.2. The number of benzene rings is 2. The molecule has 1 aliphatic rings. The smallest absolute Gasteiger partial charge is 0.278 e. The molecule has 0 unspecified atom stereocenters. The first kappa shape index (κ1) is 22.9. The number of carbonyl (C=O) groups excluding carboxylic acids is 2. The molecule has 0 saturated carbocycles. The van der Waals surface area contributed by atoms with E-state index < -0.39 is 17.2 Å². The number of hydrogen-bond acceptors (Lipinski definition) is 4. The molecule has 7 nitrogen and oxygen atoms in total. The Bertz CT molecular complexity index is 1300. The van der Waals surface area contributed by atoms with E-state index in [4.69, 9.17) is 23.2 Å².